The number of hydrogen-bond acceptors (Lipinski definition) is 2. The number of benzene rings is 2. The predicted molar refractivity (Wildman–Crippen MR) is 101 cm³/mol. The Hall–Kier alpha value is -2.33. The Morgan fingerprint density at radius 3 is 2.12 bits per heavy atom. The van der Waals surface area contributed by atoms with E-state index in [0.29, 0.717) is 17.2 Å². The number of imidazole rings is 1. The molecule has 0 saturated heterocycles. The first-order chi connectivity index (χ1) is 11.8. The third-order valence-corrected chi connectivity index (χ3v) is 4.62. The first kappa shape index (κ1) is 17.5. The molecule has 0 amide bonds. The number of rotatable bonds is 4. The molecular formula is C20H22ClN3O. The lowest BCUT2D eigenvalue weighted by atomic mass is 9.91. The lowest BCUT2D eigenvalue weighted by Crippen LogP contribution is -2.32. The molecule has 130 valence electrons. The number of hydrogen-bond donors (Lipinski definition) is 1. The van der Waals surface area contributed by atoms with Gasteiger partial charge in [-0.15, -0.1) is 0 Å². The Morgan fingerprint density at radius 2 is 1.56 bits per heavy atom. The van der Waals surface area contributed by atoms with Crippen molar-refractivity contribution < 1.29 is 4.79 Å². The van der Waals surface area contributed by atoms with Gasteiger partial charge in [-0.05, 0) is 29.8 Å². The van der Waals surface area contributed by atoms with Gasteiger partial charge in [-0.1, -0.05) is 56.6 Å². The Bertz CT molecular complexity index is 975. The van der Waals surface area contributed by atoms with E-state index < -0.39 is 5.41 Å². The molecule has 4 nitrogen and oxygen atoms in total. The average Bonchev–Trinajstić information content (AvgIpc) is 2.82. The summed E-state index contributed by atoms with van der Waals surface area (Å²) in [5.74, 6) is 0.111. The SMILES string of the molecule is CC(C)(C)C(=O)Cn1c(=N)n(Cc2ccc(Cl)cc2)c2ccccc21. The summed E-state index contributed by atoms with van der Waals surface area (Å²) in [7, 11) is 0. The van der Waals surface area contributed by atoms with Crippen molar-refractivity contribution in [3.8, 4) is 0 Å². The van der Waals surface area contributed by atoms with Crippen molar-refractivity contribution in [3.63, 3.8) is 0 Å². The van der Waals surface area contributed by atoms with Crippen molar-refractivity contribution in [3.05, 3.63) is 64.7 Å². The third-order valence-electron chi connectivity index (χ3n) is 4.37. The first-order valence-electron chi connectivity index (χ1n) is 8.28. The number of nitrogens with zero attached hydrogens (tertiary/aromatic N) is 2. The number of ketones is 1. The topological polar surface area (TPSA) is 50.8 Å². The third kappa shape index (κ3) is 3.54. The lowest BCUT2D eigenvalue weighted by molar-refractivity contribution is -0.126. The number of halogens is 1. The largest absolute Gasteiger partial charge is 0.306 e. The van der Waals surface area contributed by atoms with Crippen LogP contribution < -0.4 is 5.62 Å². The van der Waals surface area contributed by atoms with Crippen LogP contribution in [0.3, 0.4) is 0 Å². The van der Waals surface area contributed by atoms with Gasteiger partial charge in [-0.2, -0.15) is 0 Å². The van der Waals surface area contributed by atoms with Crippen molar-refractivity contribution in [1.82, 2.24) is 9.13 Å². The molecule has 0 bridgehead atoms. The molecule has 1 heterocycles. The highest BCUT2D eigenvalue weighted by atomic mass is 35.5. The van der Waals surface area contributed by atoms with Crippen molar-refractivity contribution >= 4 is 28.4 Å². The molecule has 0 aliphatic heterocycles. The zero-order chi connectivity index (χ0) is 18.2. The van der Waals surface area contributed by atoms with Crippen LogP contribution in [0.4, 0.5) is 0 Å². The molecular weight excluding hydrogens is 334 g/mol. The number of fused-ring (bicyclic) bond motifs is 1. The summed E-state index contributed by atoms with van der Waals surface area (Å²) in [5.41, 5.74) is 2.81. The molecule has 0 saturated carbocycles. The van der Waals surface area contributed by atoms with Crippen LogP contribution >= 0.6 is 11.6 Å². The van der Waals surface area contributed by atoms with Gasteiger partial charge in [0.1, 0.15) is 0 Å². The molecule has 0 unspecified atom stereocenters. The second kappa shape index (κ2) is 6.52. The Balaban J connectivity index is 2.07. The first-order valence-corrected chi connectivity index (χ1v) is 8.65. The second-order valence-corrected chi connectivity index (χ2v) is 7.72. The fraction of sp³-hybridized carbons (Fsp3) is 0.300. The van der Waals surface area contributed by atoms with Gasteiger partial charge in [-0.3, -0.25) is 10.2 Å². The lowest BCUT2D eigenvalue weighted by Gasteiger charge is -2.17. The van der Waals surface area contributed by atoms with Crippen LogP contribution in [0.2, 0.25) is 5.02 Å². The van der Waals surface area contributed by atoms with Crippen LogP contribution in [0.15, 0.2) is 48.5 Å². The van der Waals surface area contributed by atoms with Crippen molar-refractivity contribution in [1.29, 1.82) is 5.41 Å². The fourth-order valence-electron chi connectivity index (χ4n) is 2.77. The molecule has 0 spiro atoms. The van der Waals surface area contributed by atoms with Crippen LogP contribution in [0.1, 0.15) is 26.3 Å². The number of Topliss-reactive ketones (excluding diaryl/α,β-unsaturated/α-hetero) is 1. The standard InChI is InChI=1S/C20H22ClN3O/c1-20(2,3)18(25)13-24-17-7-5-4-6-16(17)23(19(24)22)12-14-8-10-15(21)11-9-14/h4-11,22H,12-13H2,1-3H3. The zero-order valence-electron chi connectivity index (χ0n) is 14.7. The van der Waals surface area contributed by atoms with E-state index in [0.717, 1.165) is 16.6 Å². The van der Waals surface area contributed by atoms with E-state index in [1.165, 1.54) is 0 Å². The number of nitrogens with one attached hydrogen (secondary N) is 1. The van der Waals surface area contributed by atoms with Gasteiger partial charge in [0.05, 0.1) is 24.1 Å². The van der Waals surface area contributed by atoms with Crippen LogP contribution in [0.25, 0.3) is 11.0 Å². The normalized spacial score (nSPS) is 11.8. The highest BCUT2D eigenvalue weighted by Crippen LogP contribution is 2.19. The molecule has 5 heteroatoms. The fourth-order valence-corrected chi connectivity index (χ4v) is 2.89. The van der Waals surface area contributed by atoms with Crippen LogP contribution in [0.5, 0.6) is 0 Å². The molecule has 0 fully saturated rings. The number of carbonyl (C=O) groups is 1. The van der Waals surface area contributed by atoms with E-state index in [-0.39, 0.29) is 12.3 Å². The minimum Gasteiger partial charge on any atom is -0.306 e. The molecule has 3 aromatic rings. The maximum absolute atomic E-state index is 12.5. The Morgan fingerprint density at radius 1 is 1.00 bits per heavy atom. The van der Waals surface area contributed by atoms with Gasteiger partial charge >= 0.3 is 0 Å². The van der Waals surface area contributed by atoms with Crippen molar-refractivity contribution in [2.75, 3.05) is 0 Å². The molecule has 1 aromatic heterocycles. The quantitative estimate of drug-likeness (QED) is 0.747. The summed E-state index contributed by atoms with van der Waals surface area (Å²) in [4.78, 5) is 12.5. The Labute approximate surface area is 152 Å². The maximum atomic E-state index is 12.5. The monoisotopic (exact) mass is 355 g/mol. The van der Waals surface area contributed by atoms with E-state index >= 15 is 0 Å². The molecule has 2 aromatic carbocycles. The van der Waals surface area contributed by atoms with Crippen molar-refractivity contribution in [2.45, 2.75) is 33.9 Å². The smallest absolute Gasteiger partial charge is 0.203 e. The number of aromatic nitrogens is 2. The number of carbonyl (C=O) groups excluding carboxylic acids is 1. The van der Waals surface area contributed by atoms with Crippen LogP contribution in [0, 0.1) is 10.8 Å². The van der Waals surface area contributed by atoms with Crippen LogP contribution in [-0.2, 0) is 17.9 Å². The molecule has 0 aliphatic carbocycles. The minimum absolute atomic E-state index is 0.111. The highest BCUT2D eigenvalue weighted by molar-refractivity contribution is 6.30. The zero-order valence-corrected chi connectivity index (χ0v) is 15.5. The van der Waals surface area contributed by atoms with E-state index in [2.05, 4.69) is 0 Å². The maximum Gasteiger partial charge on any atom is 0.203 e. The van der Waals surface area contributed by atoms with Gasteiger partial charge in [-0.25, -0.2) is 0 Å². The van der Waals surface area contributed by atoms with E-state index in [4.69, 9.17) is 17.0 Å². The average molecular weight is 356 g/mol. The van der Waals surface area contributed by atoms with E-state index in [1.807, 2.05) is 73.9 Å². The summed E-state index contributed by atoms with van der Waals surface area (Å²) in [6.45, 7) is 6.49. The summed E-state index contributed by atoms with van der Waals surface area (Å²) in [6.07, 6.45) is 0. The molecule has 3 rings (SSSR count). The van der Waals surface area contributed by atoms with Gasteiger partial charge in [0, 0.05) is 10.4 Å². The van der Waals surface area contributed by atoms with Crippen molar-refractivity contribution in [2.24, 2.45) is 5.41 Å². The molecule has 25 heavy (non-hydrogen) atoms. The highest BCUT2D eigenvalue weighted by Gasteiger charge is 2.23. The Kier molecular flexibility index (Phi) is 4.56. The van der Waals surface area contributed by atoms with Gasteiger partial charge in [0.15, 0.2) is 5.78 Å². The summed E-state index contributed by atoms with van der Waals surface area (Å²) < 4.78 is 3.72. The summed E-state index contributed by atoms with van der Waals surface area (Å²) >= 11 is 5.96. The van der Waals surface area contributed by atoms with Gasteiger partial charge in [0.25, 0.3) is 0 Å². The van der Waals surface area contributed by atoms with E-state index in [1.54, 1.807) is 4.57 Å². The summed E-state index contributed by atoms with van der Waals surface area (Å²) in [5, 5.41) is 9.30. The molecule has 0 aliphatic rings. The second-order valence-electron chi connectivity index (χ2n) is 7.28. The van der Waals surface area contributed by atoms with Gasteiger partial charge in [0.2, 0.25) is 5.62 Å². The predicted octanol–water partition coefficient (Wildman–Crippen LogP) is 4.24. The van der Waals surface area contributed by atoms with Crippen LogP contribution in [-0.4, -0.2) is 14.9 Å². The molecule has 1 N–H and O–H groups in total. The number of para-hydroxylation sites is 2. The summed E-state index contributed by atoms with van der Waals surface area (Å²) in [6, 6.07) is 15.5. The van der Waals surface area contributed by atoms with Gasteiger partial charge < -0.3 is 9.13 Å². The van der Waals surface area contributed by atoms with E-state index in [9.17, 15) is 4.79 Å². The molecule has 0 radical (unpaired) electrons. The minimum atomic E-state index is -0.432. The molecule has 0 atom stereocenters.